The molecular weight excluding hydrogens is 474 g/mol. The van der Waals surface area contributed by atoms with Crippen molar-refractivity contribution in [2.24, 2.45) is 5.92 Å². The molecule has 3 N–H and O–H groups in total. The fraction of sp³-hybridized carbons (Fsp3) is 0.407. The molecule has 10 nitrogen and oxygen atoms in total. The molecule has 5 rings (SSSR count). The smallest absolute Gasteiger partial charge is 0.255 e. The highest BCUT2D eigenvalue weighted by Crippen LogP contribution is 2.33. The Hall–Kier alpha value is -3.76. The number of aromatic nitrogens is 3. The molecule has 3 atom stereocenters. The monoisotopic (exact) mass is 505 g/mol. The zero-order valence-electron chi connectivity index (χ0n) is 20.9. The van der Waals surface area contributed by atoms with E-state index in [1.54, 1.807) is 30.1 Å². The average Bonchev–Trinajstić information content (AvgIpc) is 3.37. The number of amides is 2. The number of fused-ring (bicyclic) bond motifs is 1. The molecule has 1 aliphatic heterocycles. The summed E-state index contributed by atoms with van der Waals surface area (Å²) in [5.74, 6) is -0.393. The lowest BCUT2D eigenvalue weighted by atomic mass is 9.95. The van der Waals surface area contributed by atoms with Crippen LogP contribution in [0.3, 0.4) is 0 Å². The Morgan fingerprint density at radius 3 is 2.73 bits per heavy atom. The minimum absolute atomic E-state index is 0.215. The fourth-order valence-electron chi connectivity index (χ4n) is 4.33. The number of aliphatic hydroxyl groups excluding tert-OH is 1. The van der Waals surface area contributed by atoms with Crippen molar-refractivity contribution in [1.29, 1.82) is 0 Å². The van der Waals surface area contributed by atoms with Crippen molar-refractivity contribution < 1.29 is 24.5 Å². The molecule has 3 aromatic rings. The molecule has 1 saturated carbocycles. The van der Waals surface area contributed by atoms with Gasteiger partial charge in [0.2, 0.25) is 0 Å². The van der Waals surface area contributed by atoms with E-state index < -0.39 is 29.6 Å². The normalized spacial score (nSPS) is 18.0. The molecule has 3 heterocycles. The molecule has 1 aliphatic carbocycles. The third-order valence-corrected chi connectivity index (χ3v) is 6.98. The van der Waals surface area contributed by atoms with Gasteiger partial charge in [-0.15, -0.1) is 0 Å². The highest BCUT2D eigenvalue weighted by atomic mass is 16.5. The van der Waals surface area contributed by atoms with Crippen LogP contribution in [0.1, 0.15) is 49.6 Å². The summed E-state index contributed by atoms with van der Waals surface area (Å²) in [7, 11) is 0. The van der Waals surface area contributed by atoms with Gasteiger partial charge in [0.05, 0.1) is 24.9 Å². The third kappa shape index (κ3) is 5.21. The van der Waals surface area contributed by atoms with Crippen LogP contribution in [0.15, 0.2) is 55.0 Å². The van der Waals surface area contributed by atoms with Gasteiger partial charge in [0.25, 0.3) is 11.8 Å². The molecule has 0 radical (unpaired) electrons. The summed E-state index contributed by atoms with van der Waals surface area (Å²) >= 11 is 0. The van der Waals surface area contributed by atoms with Crippen LogP contribution >= 0.6 is 0 Å². The summed E-state index contributed by atoms with van der Waals surface area (Å²) in [6.45, 7) is 3.99. The first kappa shape index (κ1) is 24.9. The van der Waals surface area contributed by atoms with Gasteiger partial charge in [0.1, 0.15) is 11.4 Å². The topological polar surface area (TPSA) is 130 Å². The van der Waals surface area contributed by atoms with E-state index in [9.17, 15) is 19.8 Å². The molecule has 0 bridgehead atoms. The standard InChI is InChI=1S/C27H31N5O5/c1-17(19-8-9-22(32-12-4-11-29-32)23(13-19)37-16-18-6-7-18)30-26(35)27(2,36)24(33)25(34)31-14-20-5-3-10-28-21(20)15-31/h3-5,8-13,17-18,24,33,36H,6-7,14-16H2,1-2H3,(H,30,35)/t17?,24?,27-/m0/s1. The summed E-state index contributed by atoms with van der Waals surface area (Å²) < 4.78 is 7.80. The van der Waals surface area contributed by atoms with Gasteiger partial charge in [0, 0.05) is 25.1 Å². The number of hydrogen-bond acceptors (Lipinski definition) is 7. The third-order valence-electron chi connectivity index (χ3n) is 6.98. The molecular formula is C27H31N5O5. The number of nitrogens with one attached hydrogen (secondary N) is 1. The fourth-order valence-corrected chi connectivity index (χ4v) is 4.33. The summed E-state index contributed by atoms with van der Waals surface area (Å²) in [4.78, 5) is 31.6. The Labute approximate surface area is 214 Å². The van der Waals surface area contributed by atoms with Crippen LogP contribution in [0, 0.1) is 5.92 Å². The number of hydrogen-bond donors (Lipinski definition) is 3. The van der Waals surface area contributed by atoms with Crippen molar-refractivity contribution in [3.63, 3.8) is 0 Å². The summed E-state index contributed by atoms with van der Waals surface area (Å²) in [6, 6.07) is 10.5. The second kappa shape index (κ2) is 9.95. The molecule has 10 heteroatoms. The molecule has 37 heavy (non-hydrogen) atoms. The largest absolute Gasteiger partial charge is 0.491 e. The zero-order valence-corrected chi connectivity index (χ0v) is 20.9. The molecule has 0 spiro atoms. The maximum Gasteiger partial charge on any atom is 0.255 e. The minimum atomic E-state index is -2.34. The number of aliphatic hydroxyl groups is 2. The van der Waals surface area contributed by atoms with Crippen LogP contribution in [-0.4, -0.2) is 60.0 Å². The highest BCUT2D eigenvalue weighted by Gasteiger charge is 2.45. The lowest BCUT2D eigenvalue weighted by molar-refractivity contribution is -0.166. The van der Waals surface area contributed by atoms with Gasteiger partial charge in [-0.2, -0.15) is 5.10 Å². The summed E-state index contributed by atoms with van der Waals surface area (Å²) in [5, 5.41) is 28.6. The lowest BCUT2D eigenvalue weighted by Crippen LogP contribution is -2.58. The Morgan fingerprint density at radius 1 is 1.22 bits per heavy atom. The average molecular weight is 506 g/mol. The van der Waals surface area contributed by atoms with E-state index in [0.717, 1.165) is 42.3 Å². The molecule has 2 aromatic heterocycles. The van der Waals surface area contributed by atoms with Crippen molar-refractivity contribution >= 4 is 11.8 Å². The van der Waals surface area contributed by atoms with E-state index in [1.807, 2.05) is 36.5 Å². The van der Waals surface area contributed by atoms with Crippen molar-refractivity contribution in [3.05, 3.63) is 71.8 Å². The Bertz CT molecular complexity index is 1260. The number of carbonyl (C=O) groups excluding carboxylic acids is 2. The number of benzene rings is 1. The first-order chi connectivity index (χ1) is 17.7. The van der Waals surface area contributed by atoms with Gasteiger partial charge in [-0.05, 0) is 68.0 Å². The summed E-state index contributed by atoms with van der Waals surface area (Å²) in [6.07, 6.45) is 5.52. The summed E-state index contributed by atoms with van der Waals surface area (Å²) in [5.41, 5.74) is 0.793. The van der Waals surface area contributed by atoms with Gasteiger partial charge in [-0.25, -0.2) is 4.68 Å². The molecule has 1 aromatic carbocycles. The Balaban J connectivity index is 1.27. The highest BCUT2D eigenvalue weighted by molar-refractivity contribution is 5.94. The van der Waals surface area contributed by atoms with Crippen LogP contribution in [0.25, 0.3) is 5.69 Å². The minimum Gasteiger partial charge on any atom is -0.491 e. The van der Waals surface area contributed by atoms with E-state index in [0.29, 0.717) is 18.3 Å². The zero-order chi connectivity index (χ0) is 26.2. The van der Waals surface area contributed by atoms with Crippen molar-refractivity contribution in [2.75, 3.05) is 6.61 Å². The van der Waals surface area contributed by atoms with E-state index >= 15 is 0 Å². The second-order valence-electron chi connectivity index (χ2n) is 9.98. The lowest BCUT2D eigenvalue weighted by Gasteiger charge is -2.31. The Morgan fingerprint density at radius 2 is 2.03 bits per heavy atom. The first-order valence-electron chi connectivity index (χ1n) is 12.4. The predicted octanol–water partition coefficient (Wildman–Crippen LogP) is 1.89. The first-order valence-corrected chi connectivity index (χ1v) is 12.4. The van der Waals surface area contributed by atoms with E-state index in [1.165, 1.54) is 4.90 Å². The molecule has 0 saturated heterocycles. The van der Waals surface area contributed by atoms with Gasteiger partial charge in [-0.3, -0.25) is 14.6 Å². The molecule has 194 valence electrons. The number of ether oxygens (including phenoxy) is 1. The molecule has 1 fully saturated rings. The van der Waals surface area contributed by atoms with E-state index in [-0.39, 0.29) is 13.1 Å². The van der Waals surface area contributed by atoms with Crippen LogP contribution in [0.5, 0.6) is 5.75 Å². The number of rotatable bonds is 9. The van der Waals surface area contributed by atoms with Gasteiger partial charge >= 0.3 is 0 Å². The van der Waals surface area contributed by atoms with Crippen LogP contribution in [0.4, 0.5) is 0 Å². The van der Waals surface area contributed by atoms with Gasteiger partial charge in [0.15, 0.2) is 11.7 Å². The van der Waals surface area contributed by atoms with E-state index in [2.05, 4.69) is 15.4 Å². The molecule has 2 amide bonds. The number of carbonyl (C=O) groups is 2. The maximum absolute atomic E-state index is 13.0. The number of nitrogens with zero attached hydrogens (tertiary/aromatic N) is 4. The van der Waals surface area contributed by atoms with Gasteiger partial charge < -0.3 is 25.2 Å². The van der Waals surface area contributed by atoms with Crippen molar-refractivity contribution in [2.45, 2.75) is 57.5 Å². The number of pyridine rings is 1. The Kier molecular flexibility index (Phi) is 6.70. The van der Waals surface area contributed by atoms with Crippen molar-refractivity contribution in [1.82, 2.24) is 25.0 Å². The van der Waals surface area contributed by atoms with Crippen LogP contribution < -0.4 is 10.1 Å². The quantitative estimate of drug-likeness (QED) is 0.405. The van der Waals surface area contributed by atoms with E-state index in [4.69, 9.17) is 4.74 Å². The molecule has 2 unspecified atom stereocenters. The van der Waals surface area contributed by atoms with Crippen molar-refractivity contribution in [3.8, 4) is 11.4 Å². The van der Waals surface area contributed by atoms with Crippen LogP contribution in [0.2, 0.25) is 0 Å². The van der Waals surface area contributed by atoms with Crippen LogP contribution in [-0.2, 0) is 22.7 Å². The SMILES string of the molecule is CC(NC(=O)[C@@](C)(O)C(O)C(=O)N1Cc2cccnc2C1)c1ccc(-n2cccn2)c(OCC2CC2)c1. The maximum atomic E-state index is 13.0. The second-order valence-corrected chi connectivity index (χ2v) is 9.98. The predicted molar refractivity (Wildman–Crippen MR) is 133 cm³/mol. The van der Waals surface area contributed by atoms with Gasteiger partial charge in [-0.1, -0.05) is 12.1 Å². The molecule has 2 aliphatic rings.